The summed E-state index contributed by atoms with van der Waals surface area (Å²) in [6.45, 7) is 6.28. The lowest BCUT2D eigenvalue weighted by molar-refractivity contribution is 0.736. The van der Waals surface area contributed by atoms with Crippen molar-refractivity contribution in [2.45, 2.75) is 26.7 Å². The summed E-state index contributed by atoms with van der Waals surface area (Å²) in [7, 11) is 0. The van der Waals surface area contributed by atoms with E-state index < -0.39 is 0 Å². The lowest BCUT2D eigenvalue weighted by Crippen LogP contribution is -2.25. The minimum absolute atomic E-state index is 0.706. The molecule has 0 radical (unpaired) electrons. The maximum Gasteiger partial charge on any atom is 0.130 e. The van der Waals surface area contributed by atoms with Gasteiger partial charge >= 0.3 is 0 Å². The Morgan fingerprint density at radius 3 is 2.47 bits per heavy atom. The van der Waals surface area contributed by atoms with Crippen molar-refractivity contribution in [3.63, 3.8) is 0 Å². The average molecular weight is 253 g/mol. The van der Waals surface area contributed by atoms with Gasteiger partial charge in [0, 0.05) is 18.5 Å². The van der Waals surface area contributed by atoms with E-state index in [-0.39, 0.29) is 0 Å². The molecule has 3 nitrogen and oxygen atoms in total. The molecule has 0 fully saturated rings. The van der Waals surface area contributed by atoms with Gasteiger partial charge in [-0.2, -0.15) is 5.26 Å². The van der Waals surface area contributed by atoms with Gasteiger partial charge < -0.3 is 4.90 Å². The van der Waals surface area contributed by atoms with Gasteiger partial charge in [0.25, 0.3) is 0 Å². The van der Waals surface area contributed by atoms with Crippen LogP contribution in [0.2, 0.25) is 0 Å². The Labute approximate surface area is 114 Å². The molecule has 2 aromatic rings. The van der Waals surface area contributed by atoms with E-state index in [0.29, 0.717) is 5.56 Å². The van der Waals surface area contributed by atoms with Gasteiger partial charge in [-0.05, 0) is 25.0 Å². The van der Waals surface area contributed by atoms with E-state index in [9.17, 15) is 5.26 Å². The van der Waals surface area contributed by atoms with Crippen LogP contribution in [0.25, 0.3) is 10.9 Å². The number of fused-ring (bicyclic) bond motifs is 1. The number of anilines is 1. The van der Waals surface area contributed by atoms with E-state index in [4.69, 9.17) is 4.98 Å². The number of pyridine rings is 1. The van der Waals surface area contributed by atoms with Crippen molar-refractivity contribution in [1.82, 2.24) is 4.98 Å². The van der Waals surface area contributed by atoms with Crippen LogP contribution >= 0.6 is 0 Å². The first kappa shape index (κ1) is 13.4. The van der Waals surface area contributed by atoms with E-state index in [0.717, 1.165) is 42.7 Å². The summed E-state index contributed by atoms with van der Waals surface area (Å²) < 4.78 is 0. The summed E-state index contributed by atoms with van der Waals surface area (Å²) in [6, 6.07) is 12.0. The minimum Gasteiger partial charge on any atom is -0.357 e. The predicted molar refractivity (Wildman–Crippen MR) is 79.3 cm³/mol. The van der Waals surface area contributed by atoms with Crippen LogP contribution in [0, 0.1) is 11.3 Å². The molecule has 1 aromatic heterocycles. The summed E-state index contributed by atoms with van der Waals surface area (Å²) in [6.07, 6.45) is 2.16. The zero-order chi connectivity index (χ0) is 13.7. The van der Waals surface area contributed by atoms with Gasteiger partial charge in [0.1, 0.15) is 5.82 Å². The Hall–Kier alpha value is -2.08. The summed E-state index contributed by atoms with van der Waals surface area (Å²) in [5.74, 6) is 0.916. The molecular formula is C16H19N3. The molecule has 0 saturated heterocycles. The number of para-hydroxylation sites is 1. The normalized spacial score (nSPS) is 10.4. The highest BCUT2D eigenvalue weighted by Crippen LogP contribution is 2.22. The van der Waals surface area contributed by atoms with Crippen LogP contribution in [-0.2, 0) is 0 Å². The molecule has 1 aromatic carbocycles. The number of benzene rings is 1. The number of aromatic nitrogens is 1. The molecular weight excluding hydrogens is 234 g/mol. The molecule has 0 unspecified atom stereocenters. The Morgan fingerprint density at radius 1 is 1.16 bits per heavy atom. The molecule has 0 atom stereocenters. The van der Waals surface area contributed by atoms with Gasteiger partial charge in [0.05, 0.1) is 17.1 Å². The fourth-order valence-electron chi connectivity index (χ4n) is 2.30. The Bertz CT molecular complexity index is 592. The molecule has 0 spiro atoms. The van der Waals surface area contributed by atoms with Crippen molar-refractivity contribution in [1.29, 1.82) is 5.26 Å². The number of nitriles is 1. The SMILES string of the molecule is CCCN(CCC)c1cc(C#N)c2ccccc2n1. The molecule has 19 heavy (non-hydrogen) atoms. The zero-order valence-electron chi connectivity index (χ0n) is 11.6. The number of hydrogen-bond donors (Lipinski definition) is 0. The zero-order valence-corrected chi connectivity index (χ0v) is 11.6. The maximum atomic E-state index is 9.31. The lowest BCUT2D eigenvalue weighted by atomic mass is 10.1. The summed E-state index contributed by atoms with van der Waals surface area (Å²) in [5.41, 5.74) is 1.60. The van der Waals surface area contributed by atoms with Gasteiger partial charge in [-0.3, -0.25) is 0 Å². The topological polar surface area (TPSA) is 39.9 Å². The van der Waals surface area contributed by atoms with Gasteiger partial charge in [-0.15, -0.1) is 0 Å². The number of nitrogens with zero attached hydrogens (tertiary/aromatic N) is 3. The van der Waals surface area contributed by atoms with E-state index in [1.807, 2.05) is 30.3 Å². The van der Waals surface area contributed by atoms with E-state index in [2.05, 4.69) is 24.8 Å². The summed E-state index contributed by atoms with van der Waals surface area (Å²) >= 11 is 0. The maximum absolute atomic E-state index is 9.31. The van der Waals surface area contributed by atoms with Crippen molar-refractivity contribution < 1.29 is 0 Å². The molecule has 0 N–H and O–H groups in total. The highest BCUT2D eigenvalue weighted by atomic mass is 15.2. The molecule has 98 valence electrons. The summed E-state index contributed by atoms with van der Waals surface area (Å²) in [5, 5.41) is 10.2. The Kier molecular flexibility index (Phi) is 4.35. The van der Waals surface area contributed by atoms with Crippen LogP contribution in [-0.4, -0.2) is 18.1 Å². The first-order chi connectivity index (χ1) is 9.30. The van der Waals surface area contributed by atoms with Crippen molar-refractivity contribution in [3.8, 4) is 6.07 Å². The van der Waals surface area contributed by atoms with Crippen LogP contribution in [0.3, 0.4) is 0 Å². The third kappa shape index (κ3) is 2.85. The first-order valence-corrected chi connectivity index (χ1v) is 6.85. The quantitative estimate of drug-likeness (QED) is 0.815. The molecule has 3 heteroatoms. The Morgan fingerprint density at radius 2 is 1.84 bits per heavy atom. The van der Waals surface area contributed by atoms with Gasteiger partial charge in [0.2, 0.25) is 0 Å². The fourth-order valence-corrected chi connectivity index (χ4v) is 2.30. The smallest absolute Gasteiger partial charge is 0.130 e. The van der Waals surface area contributed by atoms with E-state index in [1.165, 1.54) is 0 Å². The second kappa shape index (κ2) is 6.19. The first-order valence-electron chi connectivity index (χ1n) is 6.85. The van der Waals surface area contributed by atoms with Gasteiger partial charge in [-0.25, -0.2) is 4.98 Å². The third-order valence-corrected chi connectivity index (χ3v) is 3.13. The van der Waals surface area contributed by atoms with Crippen molar-refractivity contribution >= 4 is 16.7 Å². The molecule has 0 amide bonds. The van der Waals surface area contributed by atoms with Gasteiger partial charge in [0.15, 0.2) is 0 Å². The molecule has 0 aliphatic rings. The van der Waals surface area contributed by atoms with Crippen LogP contribution in [0.15, 0.2) is 30.3 Å². The van der Waals surface area contributed by atoms with Gasteiger partial charge in [-0.1, -0.05) is 32.0 Å². The molecule has 0 aliphatic carbocycles. The standard InChI is InChI=1S/C16H19N3/c1-3-9-19(10-4-2)16-11-13(12-17)14-7-5-6-8-15(14)18-16/h5-8,11H,3-4,9-10H2,1-2H3. The third-order valence-electron chi connectivity index (χ3n) is 3.13. The van der Waals surface area contributed by atoms with Crippen molar-refractivity contribution in [2.24, 2.45) is 0 Å². The number of rotatable bonds is 5. The van der Waals surface area contributed by atoms with E-state index in [1.54, 1.807) is 0 Å². The summed E-state index contributed by atoms with van der Waals surface area (Å²) in [4.78, 5) is 6.95. The molecule has 1 heterocycles. The van der Waals surface area contributed by atoms with Crippen LogP contribution in [0.4, 0.5) is 5.82 Å². The second-order valence-corrected chi connectivity index (χ2v) is 4.64. The number of hydrogen-bond acceptors (Lipinski definition) is 3. The molecule has 0 aliphatic heterocycles. The minimum atomic E-state index is 0.706. The van der Waals surface area contributed by atoms with Crippen molar-refractivity contribution in [2.75, 3.05) is 18.0 Å². The lowest BCUT2D eigenvalue weighted by Gasteiger charge is -2.23. The average Bonchev–Trinajstić information content (AvgIpc) is 2.46. The Balaban J connectivity index is 2.51. The predicted octanol–water partition coefficient (Wildman–Crippen LogP) is 3.73. The highest BCUT2D eigenvalue weighted by Gasteiger charge is 2.10. The van der Waals surface area contributed by atoms with Crippen molar-refractivity contribution in [3.05, 3.63) is 35.9 Å². The largest absolute Gasteiger partial charge is 0.357 e. The highest BCUT2D eigenvalue weighted by molar-refractivity contribution is 5.86. The monoisotopic (exact) mass is 253 g/mol. The molecule has 2 rings (SSSR count). The molecule has 0 bridgehead atoms. The van der Waals surface area contributed by atoms with Crippen LogP contribution < -0.4 is 4.90 Å². The fraction of sp³-hybridized carbons (Fsp3) is 0.375. The van der Waals surface area contributed by atoms with Crippen LogP contribution in [0.1, 0.15) is 32.3 Å². The second-order valence-electron chi connectivity index (χ2n) is 4.64. The van der Waals surface area contributed by atoms with Crippen LogP contribution in [0.5, 0.6) is 0 Å². The molecule has 0 saturated carbocycles. The van der Waals surface area contributed by atoms with E-state index >= 15 is 0 Å².